The Bertz CT molecular complexity index is 362. The summed E-state index contributed by atoms with van der Waals surface area (Å²) in [6.45, 7) is 0. The first kappa shape index (κ1) is 10.9. The molecule has 0 aromatic carbocycles. The zero-order valence-electron chi connectivity index (χ0n) is 9.98. The van der Waals surface area contributed by atoms with E-state index in [0.717, 1.165) is 32.1 Å². The Balaban J connectivity index is 1.86. The highest BCUT2D eigenvalue weighted by atomic mass is 16.6. The molecule has 4 rings (SSSR count). The minimum absolute atomic E-state index is 0.185. The van der Waals surface area contributed by atoms with Crippen molar-refractivity contribution in [3.8, 4) is 0 Å². The number of carboxylic acid groups (broad SMARTS) is 1. The maximum atomic E-state index is 10.9. The minimum Gasteiger partial charge on any atom is -0.465 e. The Labute approximate surface area is 100 Å². The lowest BCUT2D eigenvalue weighted by atomic mass is 9.52. The largest absolute Gasteiger partial charge is 0.465 e. The van der Waals surface area contributed by atoms with Crippen LogP contribution in [0.4, 0.5) is 4.79 Å². The van der Waals surface area contributed by atoms with Crippen LogP contribution in [0.15, 0.2) is 5.16 Å². The molecule has 0 aliphatic heterocycles. The van der Waals surface area contributed by atoms with E-state index in [9.17, 15) is 4.79 Å². The Kier molecular flexibility index (Phi) is 2.31. The van der Waals surface area contributed by atoms with Crippen molar-refractivity contribution in [3.05, 3.63) is 0 Å². The van der Waals surface area contributed by atoms with Gasteiger partial charge in [0.15, 0.2) is 0 Å². The maximum Gasteiger partial charge on any atom is 0.405 e. The zero-order valence-corrected chi connectivity index (χ0v) is 9.98. The van der Waals surface area contributed by atoms with Crippen molar-refractivity contribution in [2.24, 2.45) is 22.9 Å². The average Bonchev–Trinajstić information content (AvgIpc) is 2.20. The van der Waals surface area contributed by atoms with Gasteiger partial charge in [0, 0.05) is 17.4 Å². The van der Waals surface area contributed by atoms with E-state index in [2.05, 4.69) is 10.5 Å². The van der Waals surface area contributed by atoms with Crippen LogP contribution in [0.3, 0.4) is 0 Å². The number of hydrogen-bond donors (Lipinski definition) is 2. The van der Waals surface area contributed by atoms with Gasteiger partial charge in [-0.05, 0) is 38.0 Å². The molecule has 0 aromatic rings. The zero-order chi connectivity index (χ0) is 12.0. The summed E-state index contributed by atoms with van der Waals surface area (Å²) >= 11 is 0. The van der Waals surface area contributed by atoms with Crippen molar-refractivity contribution < 1.29 is 14.7 Å². The fourth-order valence-electron chi connectivity index (χ4n) is 4.40. The van der Waals surface area contributed by atoms with Gasteiger partial charge >= 0.3 is 6.09 Å². The molecule has 17 heavy (non-hydrogen) atoms. The molecule has 2 unspecified atom stereocenters. The predicted molar refractivity (Wildman–Crippen MR) is 61.9 cm³/mol. The van der Waals surface area contributed by atoms with Crippen molar-refractivity contribution in [1.29, 1.82) is 0 Å². The molecule has 5 heteroatoms. The van der Waals surface area contributed by atoms with E-state index in [1.54, 1.807) is 7.11 Å². The number of oxime groups is 1. The quantitative estimate of drug-likeness (QED) is 0.721. The summed E-state index contributed by atoms with van der Waals surface area (Å²) in [6, 6.07) is 0. The van der Waals surface area contributed by atoms with E-state index in [1.165, 1.54) is 5.71 Å². The molecular formula is C12H18N2O3. The molecule has 0 aromatic heterocycles. The van der Waals surface area contributed by atoms with Crippen LogP contribution < -0.4 is 5.32 Å². The molecule has 94 valence electrons. The van der Waals surface area contributed by atoms with E-state index in [1.807, 2.05) is 0 Å². The minimum atomic E-state index is -0.891. The first-order valence-electron chi connectivity index (χ1n) is 6.24. The number of nitrogens with one attached hydrogen (secondary N) is 1. The first-order valence-corrected chi connectivity index (χ1v) is 6.24. The topological polar surface area (TPSA) is 70.9 Å². The maximum absolute atomic E-state index is 10.9. The fraction of sp³-hybridized carbons (Fsp3) is 0.833. The van der Waals surface area contributed by atoms with Crippen LogP contribution in [-0.2, 0) is 4.84 Å². The summed E-state index contributed by atoms with van der Waals surface area (Å²) in [5, 5.41) is 15.9. The second-order valence-corrected chi connectivity index (χ2v) is 5.75. The summed E-state index contributed by atoms with van der Waals surface area (Å²) in [5.41, 5.74) is 0.987. The summed E-state index contributed by atoms with van der Waals surface area (Å²) in [4.78, 5) is 15.9. The molecule has 4 saturated carbocycles. The standard InChI is InChI=1S/C12H18N2O3/c1-17-14-10-8-2-7-3-9(10)6-12(4-7,5-8)13-11(15)16/h7-9,13H,2-6H2,1H3,(H,15,16). The van der Waals surface area contributed by atoms with E-state index >= 15 is 0 Å². The van der Waals surface area contributed by atoms with Crippen LogP contribution in [0.25, 0.3) is 0 Å². The second kappa shape index (κ2) is 3.62. The van der Waals surface area contributed by atoms with Crippen molar-refractivity contribution in [3.63, 3.8) is 0 Å². The van der Waals surface area contributed by atoms with Crippen LogP contribution in [0.5, 0.6) is 0 Å². The second-order valence-electron chi connectivity index (χ2n) is 5.75. The first-order chi connectivity index (χ1) is 8.12. The Hall–Kier alpha value is -1.26. The predicted octanol–water partition coefficient (Wildman–Crippen LogP) is 1.84. The van der Waals surface area contributed by atoms with E-state index in [0.29, 0.717) is 17.8 Å². The van der Waals surface area contributed by atoms with Crippen LogP contribution in [-0.4, -0.2) is 29.6 Å². The lowest BCUT2D eigenvalue weighted by Crippen LogP contribution is -2.62. The third kappa shape index (κ3) is 1.68. The van der Waals surface area contributed by atoms with Gasteiger partial charge in [-0.2, -0.15) is 0 Å². The smallest absolute Gasteiger partial charge is 0.405 e. The lowest BCUT2D eigenvalue weighted by molar-refractivity contribution is 0.0483. The SMILES string of the molecule is CON=C1C2CC3CC1CC(NC(=O)O)(C3)C2. The molecule has 4 bridgehead atoms. The van der Waals surface area contributed by atoms with E-state index < -0.39 is 6.09 Å². The molecule has 1 amide bonds. The molecule has 0 radical (unpaired) electrons. The van der Waals surface area contributed by atoms with E-state index in [4.69, 9.17) is 9.94 Å². The van der Waals surface area contributed by atoms with Crippen molar-refractivity contribution >= 4 is 11.8 Å². The van der Waals surface area contributed by atoms with Gasteiger partial charge in [0.1, 0.15) is 7.11 Å². The van der Waals surface area contributed by atoms with Gasteiger partial charge in [0.25, 0.3) is 0 Å². The molecular weight excluding hydrogens is 220 g/mol. The van der Waals surface area contributed by atoms with E-state index in [-0.39, 0.29) is 5.54 Å². The number of amides is 1. The summed E-state index contributed by atoms with van der Waals surface area (Å²) in [7, 11) is 1.59. The molecule has 2 N–H and O–H groups in total. The van der Waals surface area contributed by atoms with Gasteiger partial charge in [-0.3, -0.25) is 0 Å². The molecule has 4 aliphatic rings. The molecule has 2 atom stereocenters. The number of rotatable bonds is 2. The average molecular weight is 238 g/mol. The lowest BCUT2D eigenvalue weighted by Gasteiger charge is -2.56. The van der Waals surface area contributed by atoms with Gasteiger partial charge in [-0.1, -0.05) is 5.16 Å². The fourth-order valence-corrected chi connectivity index (χ4v) is 4.40. The summed E-state index contributed by atoms with van der Waals surface area (Å²) < 4.78 is 0. The number of hydrogen-bond acceptors (Lipinski definition) is 3. The molecule has 4 aliphatic carbocycles. The molecule has 0 heterocycles. The van der Waals surface area contributed by atoms with Crippen LogP contribution in [0.1, 0.15) is 32.1 Å². The molecule has 4 fully saturated rings. The van der Waals surface area contributed by atoms with Gasteiger partial charge < -0.3 is 15.3 Å². The van der Waals surface area contributed by atoms with Gasteiger partial charge in [0.05, 0.1) is 5.71 Å². The third-order valence-corrected chi connectivity index (χ3v) is 4.59. The normalized spacial score (nSPS) is 42.4. The van der Waals surface area contributed by atoms with Crippen molar-refractivity contribution in [2.75, 3.05) is 7.11 Å². The highest BCUT2D eigenvalue weighted by Crippen LogP contribution is 2.54. The van der Waals surface area contributed by atoms with Crippen LogP contribution >= 0.6 is 0 Å². The third-order valence-electron chi connectivity index (χ3n) is 4.59. The summed E-state index contributed by atoms with van der Waals surface area (Å²) in [6.07, 6.45) is 4.22. The summed E-state index contributed by atoms with van der Waals surface area (Å²) in [5.74, 6) is 1.51. The highest BCUT2D eigenvalue weighted by molar-refractivity contribution is 5.91. The van der Waals surface area contributed by atoms with Gasteiger partial charge in [-0.25, -0.2) is 4.79 Å². The van der Waals surface area contributed by atoms with Crippen LogP contribution in [0.2, 0.25) is 0 Å². The monoisotopic (exact) mass is 238 g/mol. The Morgan fingerprint density at radius 3 is 2.59 bits per heavy atom. The van der Waals surface area contributed by atoms with Crippen molar-refractivity contribution in [2.45, 2.75) is 37.6 Å². The van der Waals surface area contributed by atoms with Crippen LogP contribution in [0, 0.1) is 17.8 Å². The number of carbonyl (C=O) groups is 1. The molecule has 0 saturated heterocycles. The number of nitrogens with zero attached hydrogens (tertiary/aromatic N) is 1. The molecule has 5 nitrogen and oxygen atoms in total. The highest BCUT2D eigenvalue weighted by Gasteiger charge is 2.55. The van der Waals surface area contributed by atoms with Gasteiger partial charge in [-0.15, -0.1) is 0 Å². The van der Waals surface area contributed by atoms with Gasteiger partial charge in [0.2, 0.25) is 0 Å². The Morgan fingerprint density at radius 1 is 1.41 bits per heavy atom. The Morgan fingerprint density at radius 2 is 2.06 bits per heavy atom. The van der Waals surface area contributed by atoms with Crippen molar-refractivity contribution in [1.82, 2.24) is 5.32 Å². The molecule has 0 spiro atoms.